The largest absolute Gasteiger partial charge is 0.494 e. The van der Waals surface area contributed by atoms with E-state index in [1.807, 2.05) is 0 Å². The van der Waals surface area contributed by atoms with Gasteiger partial charge in [-0.2, -0.15) is 0 Å². The van der Waals surface area contributed by atoms with E-state index in [-0.39, 0.29) is 5.56 Å². The van der Waals surface area contributed by atoms with Crippen LogP contribution in [0.4, 0.5) is 0 Å². The Morgan fingerprint density at radius 1 is 0.700 bits per heavy atom. The highest BCUT2D eigenvalue weighted by Gasteiger charge is 2.99. The SMILES string of the molecule is CCN(CC)CCCCCCCCCCOc1ccc(C2(c3ccccc3)C(Cl)(c3ccccc3)C2(C(=O)O)C(O)(CC(=O)O)C(=O)O)cc1. The third-order valence-corrected chi connectivity index (χ3v) is 11.2. The van der Waals surface area contributed by atoms with E-state index >= 15 is 0 Å². The Labute approximate surface area is 299 Å². The maximum atomic E-state index is 13.7. The standard InChI is InChI=1S/C40H50ClNO8/c1-3-42(4-2)27-17-9-7-5-6-8-10-18-28-50-33-25-23-31(24-26-33)38(30-19-13-11-14-20-30)39(36(47)48,37(49,35(45)46)29-34(43)44)40(38,41)32-21-15-12-16-22-32/h11-16,19-26,49H,3-10,17-18,27-29H2,1-2H3,(H,43,44)(H,45,46)(H,47,48). The highest BCUT2D eigenvalue weighted by molar-refractivity contribution is 6.33. The number of carboxylic acids is 3. The molecule has 0 radical (unpaired) electrons. The van der Waals surface area contributed by atoms with Crippen molar-refractivity contribution in [3.63, 3.8) is 0 Å². The highest BCUT2D eigenvalue weighted by atomic mass is 35.5. The van der Waals surface area contributed by atoms with Crippen molar-refractivity contribution in [2.24, 2.45) is 5.41 Å². The summed E-state index contributed by atoms with van der Waals surface area (Å²) in [7, 11) is 0. The zero-order valence-electron chi connectivity index (χ0n) is 29.0. The van der Waals surface area contributed by atoms with E-state index in [1.165, 1.54) is 38.6 Å². The van der Waals surface area contributed by atoms with Crippen molar-refractivity contribution in [2.45, 2.75) is 87.5 Å². The van der Waals surface area contributed by atoms with Crippen LogP contribution >= 0.6 is 11.6 Å². The highest BCUT2D eigenvalue weighted by Crippen LogP contribution is 2.86. The Kier molecular flexibility index (Phi) is 13.1. The zero-order valence-corrected chi connectivity index (χ0v) is 29.8. The van der Waals surface area contributed by atoms with Gasteiger partial charge in [-0.1, -0.05) is 125 Å². The third-order valence-electron chi connectivity index (χ3n) is 10.4. The quantitative estimate of drug-likeness (QED) is 0.0623. The van der Waals surface area contributed by atoms with Crippen LogP contribution < -0.4 is 4.74 Å². The number of ether oxygens (including phenoxy) is 1. The molecule has 10 heteroatoms. The van der Waals surface area contributed by atoms with Gasteiger partial charge in [0.1, 0.15) is 16.0 Å². The topological polar surface area (TPSA) is 145 Å². The second-order valence-corrected chi connectivity index (χ2v) is 13.7. The molecule has 0 aromatic heterocycles. The van der Waals surface area contributed by atoms with Crippen molar-refractivity contribution in [1.29, 1.82) is 0 Å². The molecule has 0 heterocycles. The molecular formula is C40H50ClNO8. The summed E-state index contributed by atoms with van der Waals surface area (Å²) in [4.78, 5) is 39.0. The molecule has 1 saturated carbocycles. The van der Waals surface area contributed by atoms with E-state index in [0.717, 1.165) is 32.4 Å². The third kappa shape index (κ3) is 6.88. The predicted octanol–water partition coefficient (Wildman–Crippen LogP) is 7.32. The Morgan fingerprint density at radius 3 is 1.66 bits per heavy atom. The molecular weight excluding hydrogens is 658 g/mol. The minimum absolute atomic E-state index is 0.220. The van der Waals surface area contributed by atoms with Crippen LogP contribution in [0.1, 0.15) is 88.3 Å². The Balaban J connectivity index is 1.57. The second kappa shape index (κ2) is 16.9. The van der Waals surface area contributed by atoms with E-state index in [0.29, 0.717) is 23.5 Å². The first-order chi connectivity index (χ1) is 24.0. The first-order valence-corrected chi connectivity index (χ1v) is 18.0. The minimum atomic E-state index is -3.33. The van der Waals surface area contributed by atoms with E-state index in [9.17, 15) is 34.8 Å². The lowest BCUT2D eigenvalue weighted by Gasteiger charge is -2.33. The zero-order chi connectivity index (χ0) is 36.4. The van der Waals surface area contributed by atoms with Crippen LogP contribution in [0.5, 0.6) is 5.75 Å². The fraction of sp³-hybridized carbons (Fsp3) is 0.475. The van der Waals surface area contributed by atoms with Crippen LogP contribution in [-0.2, 0) is 24.7 Å². The molecule has 0 amide bonds. The number of aliphatic carboxylic acids is 3. The van der Waals surface area contributed by atoms with Crippen LogP contribution in [0.25, 0.3) is 0 Å². The van der Waals surface area contributed by atoms with Crippen molar-refractivity contribution < 1.29 is 39.5 Å². The summed E-state index contributed by atoms with van der Waals surface area (Å²) in [5.41, 5.74) is -7.21. The molecule has 0 aliphatic heterocycles. The molecule has 3 aromatic carbocycles. The number of alkyl halides is 1. The first-order valence-electron chi connectivity index (χ1n) is 17.7. The lowest BCUT2D eigenvalue weighted by molar-refractivity contribution is -0.184. The van der Waals surface area contributed by atoms with Gasteiger partial charge in [0, 0.05) is 0 Å². The molecule has 4 rings (SSSR count). The number of unbranched alkanes of at least 4 members (excludes halogenated alkanes) is 7. The lowest BCUT2D eigenvalue weighted by atomic mass is 9.70. The van der Waals surface area contributed by atoms with Gasteiger partial charge in [0.25, 0.3) is 0 Å². The number of rotatable bonds is 22. The van der Waals surface area contributed by atoms with Crippen molar-refractivity contribution in [1.82, 2.24) is 4.90 Å². The summed E-state index contributed by atoms with van der Waals surface area (Å²) in [6, 6.07) is 22.9. The monoisotopic (exact) mass is 707 g/mol. The van der Waals surface area contributed by atoms with Crippen LogP contribution in [0.2, 0.25) is 0 Å². The molecule has 270 valence electrons. The number of nitrogens with zero attached hydrogens (tertiary/aromatic N) is 1. The van der Waals surface area contributed by atoms with Gasteiger partial charge in [-0.3, -0.25) is 9.59 Å². The fourth-order valence-electron chi connectivity index (χ4n) is 8.01. The van der Waals surface area contributed by atoms with Gasteiger partial charge in [-0.05, 0) is 61.3 Å². The van der Waals surface area contributed by atoms with Crippen molar-refractivity contribution >= 4 is 29.5 Å². The molecule has 4 N–H and O–H groups in total. The van der Waals surface area contributed by atoms with E-state index < -0.39 is 45.6 Å². The molecule has 9 nitrogen and oxygen atoms in total. The summed E-state index contributed by atoms with van der Waals surface area (Å²) in [5.74, 6) is -4.90. The fourth-order valence-corrected chi connectivity index (χ4v) is 8.82. The lowest BCUT2D eigenvalue weighted by Crippen LogP contribution is -2.57. The summed E-state index contributed by atoms with van der Waals surface area (Å²) >= 11 is 7.50. The Hall–Kier alpha value is -3.92. The van der Waals surface area contributed by atoms with Crippen molar-refractivity contribution in [3.05, 3.63) is 102 Å². The van der Waals surface area contributed by atoms with E-state index in [2.05, 4.69) is 18.7 Å². The molecule has 1 fully saturated rings. The summed E-state index contributed by atoms with van der Waals surface area (Å²) in [6.07, 6.45) is 7.84. The number of hydrogen-bond acceptors (Lipinski definition) is 6. The average Bonchev–Trinajstić information content (AvgIpc) is 3.67. The summed E-state index contributed by atoms with van der Waals surface area (Å²) in [5, 5.41) is 43.3. The van der Waals surface area contributed by atoms with Gasteiger partial charge in [0.15, 0.2) is 5.60 Å². The second-order valence-electron chi connectivity index (χ2n) is 13.2. The number of carbonyl (C=O) groups is 3. The van der Waals surface area contributed by atoms with Gasteiger partial charge < -0.3 is 30.1 Å². The molecule has 1 aliphatic rings. The van der Waals surface area contributed by atoms with Crippen molar-refractivity contribution in [2.75, 3.05) is 26.2 Å². The first kappa shape index (κ1) is 38.9. The molecule has 0 spiro atoms. The van der Waals surface area contributed by atoms with Gasteiger partial charge in [0.2, 0.25) is 0 Å². The van der Waals surface area contributed by atoms with Crippen LogP contribution in [0.3, 0.4) is 0 Å². The smallest absolute Gasteiger partial charge is 0.337 e. The molecule has 4 atom stereocenters. The molecule has 50 heavy (non-hydrogen) atoms. The number of hydrogen-bond donors (Lipinski definition) is 4. The maximum absolute atomic E-state index is 13.7. The molecule has 0 bridgehead atoms. The Bertz CT molecular complexity index is 1570. The van der Waals surface area contributed by atoms with Gasteiger partial charge >= 0.3 is 17.9 Å². The number of halogens is 1. The summed E-state index contributed by atoms with van der Waals surface area (Å²) < 4.78 is 6.02. The van der Waals surface area contributed by atoms with E-state index in [1.54, 1.807) is 84.9 Å². The van der Waals surface area contributed by atoms with Crippen molar-refractivity contribution in [3.8, 4) is 5.75 Å². The minimum Gasteiger partial charge on any atom is -0.494 e. The summed E-state index contributed by atoms with van der Waals surface area (Å²) in [6.45, 7) is 8.29. The van der Waals surface area contributed by atoms with E-state index in [4.69, 9.17) is 16.3 Å². The number of aliphatic hydroxyl groups is 1. The maximum Gasteiger partial charge on any atom is 0.337 e. The average molecular weight is 708 g/mol. The normalized spacial score (nSPS) is 22.5. The Morgan fingerprint density at radius 2 is 1.18 bits per heavy atom. The predicted molar refractivity (Wildman–Crippen MR) is 193 cm³/mol. The number of carboxylic acid groups (broad SMARTS) is 3. The van der Waals surface area contributed by atoms with Crippen LogP contribution in [0, 0.1) is 5.41 Å². The molecule has 0 saturated heterocycles. The van der Waals surface area contributed by atoms with Crippen LogP contribution in [0.15, 0.2) is 84.9 Å². The number of benzene rings is 3. The van der Waals surface area contributed by atoms with Gasteiger partial charge in [-0.25, -0.2) is 4.79 Å². The van der Waals surface area contributed by atoms with Gasteiger partial charge in [0.05, 0.1) is 18.4 Å². The molecule has 4 unspecified atom stereocenters. The van der Waals surface area contributed by atoms with Crippen LogP contribution in [-0.4, -0.2) is 75.1 Å². The molecule has 1 aliphatic carbocycles. The molecule has 3 aromatic rings. The van der Waals surface area contributed by atoms with Gasteiger partial charge in [-0.15, -0.1) is 11.6 Å².